The van der Waals surface area contributed by atoms with Gasteiger partial charge in [-0.3, -0.25) is 10.1 Å². The summed E-state index contributed by atoms with van der Waals surface area (Å²) in [6, 6.07) is 5.34. The molecule has 0 radical (unpaired) electrons. The number of nitrogens with zero attached hydrogens (tertiary/aromatic N) is 2. The van der Waals surface area contributed by atoms with Crippen LogP contribution >= 0.6 is 0 Å². The normalized spacial score (nSPS) is 14.9. The van der Waals surface area contributed by atoms with Crippen molar-refractivity contribution in [3.05, 3.63) is 33.9 Å². The van der Waals surface area contributed by atoms with Crippen molar-refractivity contribution in [2.45, 2.75) is 19.8 Å². The van der Waals surface area contributed by atoms with Gasteiger partial charge in [-0.25, -0.2) is 0 Å². The summed E-state index contributed by atoms with van der Waals surface area (Å²) < 4.78 is 0. The average molecular weight is 206 g/mol. The van der Waals surface area contributed by atoms with Crippen LogP contribution in [0.2, 0.25) is 0 Å². The van der Waals surface area contributed by atoms with Gasteiger partial charge in [-0.2, -0.15) is 0 Å². The Morgan fingerprint density at radius 1 is 1.53 bits per heavy atom. The zero-order valence-electron chi connectivity index (χ0n) is 8.77. The third kappa shape index (κ3) is 1.67. The van der Waals surface area contributed by atoms with E-state index in [1.807, 2.05) is 6.07 Å². The Morgan fingerprint density at radius 2 is 2.33 bits per heavy atom. The van der Waals surface area contributed by atoms with Gasteiger partial charge < -0.3 is 4.90 Å². The van der Waals surface area contributed by atoms with Crippen LogP contribution in [0.25, 0.3) is 0 Å². The van der Waals surface area contributed by atoms with Gasteiger partial charge in [0, 0.05) is 24.8 Å². The lowest BCUT2D eigenvalue weighted by atomic mass is 10.00. The number of nitro groups is 1. The molecular formula is C11H14N2O2. The highest BCUT2D eigenvalue weighted by Crippen LogP contribution is 2.33. The molecule has 1 heterocycles. The summed E-state index contributed by atoms with van der Waals surface area (Å²) in [5.74, 6) is 0. The minimum absolute atomic E-state index is 0.269. The second kappa shape index (κ2) is 3.88. The fourth-order valence-corrected chi connectivity index (χ4v) is 2.18. The molecule has 0 unspecified atom stereocenters. The molecule has 0 saturated heterocycles. The highest BCUT2D eigenvalue weighted by atomic mass is 16.6. The monoisotopic (exact) mass is 206 g/mol. The first-order valence-electron chi connectivity index (χ1n) is 5.25. The molecule has 0 aliphatic carbocycles. The Balaban J connectivity index is 2.50. The zero-order chi connectivity index (χ0) is 10.8. The van der Waals surface area contributed by atoms with Crippen LogP contribution in [0.15, 0.2) is 18.2 Å². The number of fused-ring (bicyclic) bond motifs is 1. The fourth-order valence-electron chi connectivity index (χ4n) is 2.18. The highest BCUT2D eigenvalue weighted by molar-refractivity contribution is 5.63. The van der Waals surface area contributed by atoms with Crippen LogP contribution in [0.4, 0.5) is 11.4 Å². The van der Waals surface area contributed by atoms with Crippen molar-refractivity contribution in [1.82, 2.24) is 0 Å². The third-order valence-corrected chi connectivity index (χ3v) is 2.90. The molecule has 4 heteroatoms. The highest BCUT2D eigenvalue weighted by Gasteiger charge is 2.23. The third-order valence-electron chi connectivity index (χ3n) is 2.90. The van der Waals surface area contributed by atoms with Gasteiger partial charge >= 0.3 is 0 Å². The summed E-state index contributed by atoms with van der Waals surface area (Å²) in [6.07, 6.45) is 1.83. The Hall–Kier alpha value is -1.58. The summed E-state index contributed by atoms with van der Waals surface area (Å²) in [7, 11) is 0. The van der Waals surface area contributed by atoms with Crippen LogP contribution in [0.5, 0.6) is 0 Å². The Bertz CT molecular complexity index is 390. The van der Waals surface area contributed by atoms with Crippen LogP contribution in [0.1, 0.15) is 18.9 Å². The van der Waals surface area contributed by atoms with Gasteiger partial charge in [0.05, 0.1) is 10.5 Å². The maximum atomic E-state index is 10.9. The summed E-state index contributed by atoms with van der Waals surface area (Å²) in [6.45, 7) is 3.99. The molecule has 1 aromatic carbocycles. The van der Waals surface area contributed by atoms with Crippen molar-refractivity contribution >= 4 is 11.4 Å². The van der Waals surface area contributed by atoms with E-state index in [1.54, 1.807) is 12.1 Å². The molecule has 0 fully saturated rings. The SMILES string of the molecule is CCN1CCCc2c1cccc2[N+](=O)[O-]. The second-order valence-electron chi connectivity index (χ2n) is 3.72. The van der Waals surface area contributed by atoms with E-state index < -0.39 is 0 Å². The summed E-state index contributed by atoms with van der Waals surface area (Å²) >= 11 is 0. The summed E-state index contributed by atoms with van der Waals surface area (Å²) in [4.78, 5) is 12.8. The first kappa shape index (κ1) is 9.96. The second-order valence-corrected chi connectivity index (χ2v) is 3.72. The molecular weight excluding hydrogens is 192 g/mol. The minimum atomic E-state index is -0.280. The standard InChI is InChI=1S/C11H14N2O2/c1-2-12-8-4-5-9-10(12)6-3-7-11(9)13(14)15/h3,6-7H,2,4-5,8H2,1H3. The lowest BCUT2D eigenvalue weighted by Gasteiger charge is -2.29. The Kier molecular flexibility index (Phi) is 2.58. The molecule has 0 aromatic heterocycles. The van der Waals surface area contributed by atoms with E-state index in [1.165, 1.54) is 0 Å². The molecule has 2 rings (SSSR count). The minimum Gasteiger partial charge on any atom is -0.371 e. The number of nitro benzene ring substituents is 1. The van der Waals surface area contributed by atoms with Gasteiger partial charge in [-0.1, -0.05) is 6.07 Å². The van der Waals surface area contributed by atoms with Crippen molar-refractivity contribution in [2.24, 2.45) is 0 Å². The first-order valence-corrected chi connectivity index (χ1v) is 5.25. The van der Waals surface area contributed by atoms with Crippen LogP contribution in [-0.4, -0.2) is 18.0 Å². The number of hydrogen-bond acceptors (Lipinski definition) is 3. The zero-order valence-corrected chi connectivity index (χ0v) is 8.77. The van der Waals surface area contributed by atoms with E-state index in [-0.39, 0.29) is 10.6 Å². The van der Waals surface area contributed by atoms with Crippen molar-refractivity contribution in [3.63, 3.8) is 0 Å². The molecule has 0 atom stereocenters. The number of rotatable bonds is 2. The molecule has 0 saturated carbocycles. The van der Waals surface area contributed by atoms with E-state index in [0.717, 1.165) is 37.2 Å². The van der Waals surface area contributed by atoms with Gasteiger partial charge in [0.15, 0.2) is 0 Å². The fraction of sp³-hybridized carbons (Fsp3) is 0.455. The Morgan fingerprint density at radius 3 is 3.00 bits per heavy atom. The van der Waals surface area contributed by atoms with Gasteiger partial charge in [-0.15, -0.1) is 0 Å². The van der Waals surface area contributed by atoms with E-state index in [9.17, 15) is 10.1 Å². The van der Waals surface area contributed by atoms with E-state index in [2.05, 4.69) is 11.8 Å². The summed E-state index contributed by atoms with van der Waals surface area (Å²) in [5, 5.41) is 10.9. The molecule has 1 aliphatic heterocycles. The molecule has 0 amide bonds. The average Bonchev–Trinajstić information content (AvgIpc) is 2.27. The predicted octanol–water partition coefficient (Wildman–Crippen LogP) is 2.37. The van der Waals surface area contributed by atoms with Gasteiger partial charge in [-0.05, 0) is 25.8 Å². The van der Waals surface area contributed by atoms with E-state index >= 15 is 0 Å². The van der Waals surface area contributed by atoms with Crippen LogP contribution in [0.3, 0.4) is 0 Å². The number of benzene rings is 1. The van der Waals surface area contributed by atoms with E-state index in [0.29, 0.717) is 0 Å². The smallest absolute Gasteiger partial charge is 0.274 e. The van der Waals surface area contributed by atoms with Crippen molar-refractivity contribution < 1.29 is 4.92 Å². The van der Waals surface area contributed by atoms with Crippen LogP contribution in [-0.2, 0) is 6.42 Å². The topological polar surface area (TPSA) is 46.4 Å². The summed E-state index contributed by atoms with van der Waals surface area (Å²) in [5.41, 5.74) is 2.21. The largest absolute Gasteiger partial charge is 0.371 e. The van der Waals surface area contributed by atoms with Crippen LogP contribution in [0, 0.1) is 10.1 Å². The number of hydrogen-bond donors (Lipinski definition) is 0. The lowest BCUT2D eigenvalue weighted by Crippen LogP contribution is -2.29. The molecule has 1 aliphatic rings. The van der Waals surface area contributed by atoms with Crippen LogP contribution < -0.4 is 4.90 Å². The molecule has 15 heavy (non-hydrogen) atoms. The van der Waals surface area contributed by atoms with Gasteiger partial charge in [0.25, 0.3) is 5.69 Å². The van der Waals surface area contributed by atoms with Crippen molar-refractivity contribution in [3.8, 4) is 0 Å². The maximum Gasteiger partial charge on any atom is 0.274 e. The molecule has 80 valence electrons. The quantitative estimate of drug-likeness (QED) is 0.551. The molecule has 1 aromatic rings. The molecule has 4 nitrogen and oxygen atoms in total. The first-order chi connectivity index (χ1) is 7.24. The molecule has 0 bridgehead atoms. The van der Waals surface area contributed by atoms with Gasteiger partial charge in [0.2, 0.25) is 0 Å². The van der Waals surface area contributed by atoms with Crippen molar-refractivity contribution in [1.29, 1.82) is 0 Å². The van der Waals surface area contributed by atoms with Gasteiger partial charge in [0.1, 0.15) is 0 Å². The molecule has 0 spiro atoms. The predicted molar refractivity (Wildman–Crippen MR) is 59.3 cm³/mol. The number of anilines is 1. The maximum absolute atomic E-state index is 10.9. The molecule has 0 N–H and O–H groups in total. The van der Waals surface area contributed by atoms with E-state index in [4.69, 9.17) is 0 Å². The lowest BCUT2D eigenvalue weighted by molar-refractivity contribution is -0.385. The Labute approximate surface area is 88.7 Å². The van der Waals surface area contributed by atoms with Crippen molar-refractivity contribution in [2.75, 3.05) is 18.0 Å².